The van der Waals surface area contributed by atoms with Gasteiger partial charge in [-0.15, -0.1) is 0 Å². The first-order valence-electron chi connectivity index (χ1n) is 7.48. The van der Waals surface area contributed by atoms with Gasteiger partial charge in [0.25, 0.3) is 5.69 Å². The van der Waals surface area contributed by atoms with Crippen molar-refractivity contribution in [3.05, 3.63) is 57.4 Å². The molecule has 6 nitrogen and oxygen atoms in total. The topological polar surface area (TPSA) is 64.2 Å². The maximum absolute atomic E-state index is 11.0. The van der Waals surface area contributed by atoms with Crippen molar-refractivity contribution in [2.45, 2.75) is 25.8 Å². The molecule has 0 spiro atoms. The average molecular weight is 300 g/mol. The van der Waals surface area contributed by atoms with Gasteiger partial charge in [0.1, 0.15) is 0 Å². The number of nitrogens with zero attached hydrogens (tertiary/aromatic N) is 4. The molecule has 1 aliphatic heterocycles. The largest absolute Gasteiger partial charge is 0.298 e. The molecule has 2 aromatic rings. The molecule has 1 saturated heterocycles. The average Bonchev–Trinajstić information content (AvgIpc) is 3.09. The maximum Gasteiger partial charge on any atom is 0.272 e. The van der Waals surface area contributed by atoms with E-state index in [1.165, 1.54) is 5.56 Å². The molecule has 0 unspecified atom stereocenters. The van der Waals surface area contributed by atoms with Gasteiger partial charge >= 0.3 is 0 Å². The number of rotatable bonds is 4. The summed E-state index contributed by atoms with van der Waals surface area (Å²) < 4.78 is 1.83. The van der Waals surface area contributed by atoms with E-state index in [1.807, 2.05) is 30.1 Å². The second kappa shape index (κ2) is 5.88. The van der Waals surface area contributed by atoms with E-state index in [-0.39, 0.29) is 10.6 Å². The van der Waals surface area contributed by atoms with Crippen LogP contribution in [0.4, 0.5) is 5.69 Å². The fourth-order valence-electron chi connectivity index (χ4n) is 3.11. The molecule has 0 N–H and O–H groups in total. The molecule has 0 aliphatic carbocycles. The van der Waals surface area contributed by atoms with Gasteiger partial charge in [-0.05, 0) is 31.0 Å². The van der Waals surface area contributed by atoms with Crippen LogP contribution in [0.25, 0.3) is 0 Å². The molecule has 1 atom stereocenters. The molecule has 0 radical (unpaired) electrons. The van der Waals surface area contributed by atoms with Crippen molar-refractivity contribution in [1.29, 1.82) is 0 Å². The van der Waals surface area contributed by atoms with Crippen molar-refractivity contribution < 1.29 is 4.92 Å². The van der Waals surface area contributed by atoms with Gasteiger partial charge in [0, 0.05) is 43.9 Å². The Morgan fingerprint density at radius 2 is 2.27 bits per heavy atom. The molecule has 1 aromatic carbocycles. The molecular weight excluding hydrogens is 280 g/mol. The lowest BCUT2D eigenvalue weighted by molar-refractivity contribution is -0.385. The Balaban J connectivity index is 1.67. The van der Waals surface area contributed by atoms with E-state index in [0.717, 1.165) is 31.6 Å². The quantitative estimate of drug-likeness (QED) is 0.643. The van der Waals surface area contributed by atoms with Crippen molar-refractivity contribution in [3.63, 3.8) is 0 Å². The number of hydrogen-bond acceptors (Lipinski definition) is 4. The number of nitro benzene ring substituents is 1. The fourth-order valence-corrected chi connectivity index (χ4v) is 3.11. The van der Waals surface area contributed by atoms with Crippen molar-refractivity contribution in [2.24, 2.45) is 7.05 Å². The van der Waals surface area contributed by atoms with Gasteiger partial charge < -0.3 is 0 Å². The zero-order chi connectivity index (χ0) is 15.7. The lowest BCUT2D eigenvalue weighted by atomic mass is 10.0. The van der Waals surface area contributed by atoms with Crippen LogP contribution in [0.15, 0.2) is 30.6 Å². The van der Waals surface area contributed by atoms with Gasteiger partial charge in [0.15, 0.2) is 0 Å². The molecule has 3 rings (SSSR count). The summed E-state index contributed by atoms with van der Waals surface area (Å²) in [5.41, 5.74) is 3.20. The summed E-state index contributed by atoms with van der Waals surface area (Å²) in [5, 5.41) is 15.3. The second-order valence-electron chi connectivity index (χ2n) is 6.05. The zero-order valence-corrected chi connectivity index (χ0v) is 12.9. The third-order valence-electron chi connectivity index (χ3n) is 4.35. The smallest absolute Gasteiger partial charge is 0.272 e. The number of likely N-dealkylation sites (tertiary alicyclic amines) is 1. The Hall–Kier alpha value is -2.21. The first-order valence-corrected chi connectivity index (χ1v) is 7.48. The molecule has 116 valence electrons. The molecule has 22 heavy (non-hydrogen) atoms. The standard InChI is InChI=1S/C16H20N4O2/c1-12-3-4-13(7-16(12)20(21)22)9-19-6-5-14(11-19)15-8-17-18(2)10-15/h3-4,7-8,10,14H,5-6,9,11H2,1-2H3/t14-/m1/s1. The van der Waals surface area contributed by atoms with E-state index in [0.29, 0.717) is 11.5 Å². The molecule has 1 aromatic heterocycles. The van der Waals surface area contributed by atoms with E-state index in [9.17, 15) is 10.1 Å². The van der Waals surface area contributed by atoms with E-state index in [2.05, 4.69) is 16.2 Å². The highest BCUT2D eigenvalue weighted by Crippen LogP contribution is 2.28. The minimum absolute atomic E-state index is 0.209. The van der Waals surface area contributed by atoms with Gasteiger partial charge in [-0.25, -0.2) is 0 Å². The highest BCUT2D eigenvalue weighted by Gasteiger charge is 2.25. The summed E-state index contributed by atoms with van der Waals surface area (Å²) >= 11 is 0. The third-order valence-corrected chi connectivity index (χ3v) is 4.35. The van der Waals surface area contributed by atoms with Gasteiger partial charge in [-0.2, -0.15) is 5.10 Å². The lowest BCUT2D eigenvalue weighted by Crippen LogP contribution is -2.19. The predicted molar refractivity (Wildman–Crippen MR) is 83.7 cm³/mol. The third kappa shape index (κ3) is 3.01. The summed E-state index contributed by atoms with van der Waals surface area (Å²) in [7, 11) is 1.93. The van der Waals surface area contributed by atoms with Gasteiger partial charge in [0.05, 0.1) is 11.1 Å². The molecule has 0 bridgehead atoms. The number of benzene rings is 1. The van der Waals surface area contributed by atoms with Gasteiger partial charge in [0.2, 0.25) is 0 Å². The summed E-state index contributed by atoms with van der Waals surface area (Å²) in [5.74, 6) is 0.508. The van der Waals surface area contributed by atoms with Crippen LogP contribution in [0.1, 0.15) is 29.0 Å². The highest BCUT2D eigenvalue weighted by atomic mass is 16.6. The van der Waals surface area contributed by atoms with Crippen molar-refractivity contribution >= 4 is 5.69 Å². The van der Waals surface area contributed by atoms with E-state index in [1.54, 1.807) is 13.0 Å². The van der Waals surface area contributed by atoms with E-state index in [4.69, 9.17) is 0 Å². The fraction of sp³-hybridized carbons (Fsp3) is 0.438. The molecule has 6 heteroatoms. The van der Waals surface area contributed by atoms with Crippen LogP contribution in [-0.2, 0) is 13.6 Å². The maximum atomic E-state index is 11.0. The summed E-state index contributed by atoms with van der Waals surface area (Å²) in [6, 6.07) is 5.52. The molecule has 1 fully saturated rings. The zero-order valence-electron chi connectivity index (χ0n) is 12.9. The predicted octanol–water partition coefficient (Wildman–Crippen LogP) is 2.63. The Labute approximate surface area is 129 Å². The van der Waals surface area contributed by atoms with Crippen molar-refractivity contribution in [3.8, 4) is 0 Å². The van der Waals surface area contributed by atoms with Crippen LogP contribution in [0.3, 0.4) is 0 Å². The second-order valence-corrected chi connectivity index (χ2v) is 6.05. The first kappa shape index (κ1) is 14.7. The molecular formula is C16H20N4O2. The minimum atomic E-state index is -0.304. The number of aromatic nitrogens is 2. The first-order chi connectivity index (χ1) is 10.5. The Morgan fingerprint density at radius 1 is 1.45 bits per heavy atom. The van der Waals surface area contributed by atoms with E-state index < -0.39 is 0 Å². The number of aryl methyl sites for hydroxylation is 2. The Kier molecular flexibility index (Phi) is 3.94. The van der Waals surface area contributed by atoms with Crippen LogP contribution in [-0.4, -0.2) is 32.7 Å². The summed E-state index contributed by atoms with van der Waals surface area (Å²) in [4.78, 5) is 13.1. The number of hydrogen-bond donors (Lipinski definition) is 0. The lowest BCUT2D eigenvalue weighted by Gasteiger charge is -2.16. The van der Waals surface area contributed by atoms with Crippen LogP contribution < -0.4 is 0 Å². The molecule has 2 heterocycles. The minimum Gasteiger partial charge on any atom is -0.298 e. The molecule has 0 amide bonds. The van der Waals surface area contributed by atoms with Crippen molar-refractivity contribution in [1.82, 2.24) is 14.7 Å². The molecule has 1 aliphatic rings. The van der Waals surface area contributed by atoms with Crippen molar-refractivity contribution in [2.75, 3.05) is 13.1 Å². The van der Waals surface area contributed by atoms with Gasteiger partial charge in [-0.3, -0.25) is 19.7 Å². The normalized spacial score (nSPS) is 18.7. The Bertz CT molecular complexity index is 695. The monoisotopic (exact) mass is 300 g/mol. The number of nitro groups is 1. The molecule has 0 saturated carbocycles. The summed E-state index contributed by atoms with van der Waals surface area (Å²) in [6.45, 7) is 4.53. The van der Waals surface area contributed by atoms with Crippen LogP contribution in [0.5, 0.6) is 0 Å². The van der Waals surface area contributed by atoms with Crippen LogP contribution in [0.2, 0.25) is 0 Å². The van der Waals surface area contributed by atoms with Crippen LogP contribution >= 0.6 is 0 Å². The van der Waals surface area contributed by atoms with Crippen LogP contribution in [0, 0.1) is 17.0 Å². The van der Waals surface area contributed by atoms with E-state index >= 15 is 0 Å². The Morgan fingerprint density at radius 3 is 2.95 bits per heavy atom. The SMILES string of the molecule is Cc1ccc(CN2CC[C@@H](c3cnn(C)c3)C2)cc1[N+](=O)[O-]. The summed E-state index contributed by atoms with van der Waals surface area (Å²) in [6.07, 6.45) is 5.12. The van der Waals surface area contributed by atoms with Gasteiger partial charge in [-0.1, -0.05) is 12.1 Å². The highest BCUT2D eigenvalue weighted by molar-refractivity contribution is 5.42.